The number of carbonyl (C=O) groups excluding carboxylic acids is 1. The monoisotopic (exact) mass is 263 g/mol. The van der Waals surface area contributed by atoms with Gasteiger partial charge < -0.3 is 10.1 Å². The van der Waals surface area contributed by atoms with Gasteiger partial charge in [0.2, 0.25) is 0 Å². The predicted molar refractivity (Wildman–Crippen MR) is 72.2 cm³/mol. The lowest BCUT2D eigenvalue weighted by Crippen LogP contribution is -2.31. The van der Waals surface area contributed by atoms with Gasteiger partial charge in [-0.25, -0.2) is 9.59 Å². The van der Waals surface area contributed by atoms with Crippen molar-refractivity contribution in [1.29, 1.82) is 0 Å². The van der Waals surface area contributed by atoms with Gasteiger partial charge in [0.1, 0.15) is 0 Å². The van der Waals surface area contributed by atoms with E-state index in [1.807, 2.05) is 24.3 Å². The number of ether oxygens (including phenoxy) is 1. The normalized spacial score (nSPS) is 10.6. The van der Waals surface area contributed by atoms with Gasteiger partial charge in [-0.05, 0) is 19.1 Å². The molecule has 6 nitrogen and oxygen atoms in total. The van der Waals surface area contributed by atoms with Crippen molar-refractivity contribution in [2.24, 2.45) is 7.05 Å². The van der Waals surface area contributed by atoms with Gasteiger partial charge in [-0.3, -0.25) is 9.13 Å². The molecule has 0 atom stereocenters. The number of amides is 1. The number of hydrogen-bond donors (Lipinski definition) is 1. The fourth-order valence-corrected chi connectivity index (χ4v) is 2.03. The molecule has 1 heterocycles. The van der Waals surface area contributed by atoms with Crippen LogP contribution in [0.25, 0.3) is 11.0 Å². The van der Waals surface area contributed by atoms with Gasteiger partial charge in [0.25, 0.3) is 0 Å². The van der Waals surface area contributed by atoms with Crippen LogP contribution >= 0.6 is 0 Å². The minimum atomic E-state index is -0.462. The van der Waals surface area contributed by atoms with Crippen LogP contribution in [0.1, 0.15) is 6.92 Å². The molecule has 2 aromatic rings. The highest BCUT2D eigenvalue weighted by molar-refractivity contribution is 5.75. The lowest BCUT2D eigenvalue weighted by Gasteiger charge is -2.06. The zero-order valence-corrected chi connectivity index (χ0v) is 11.0. The summed E-state index contributed by atoms with van der Waals surface area (Å²) in [7, 11) is 1.74. The summed E-state index contributed by atoms with van der Waals surface area (Å²) in [5.74, 6) is 0. The molecule has 0 radical (unpaired) electrons. The number of alkyl carbamates (subject to hydrolysis) is 1. The molecular weight excluding hydrogens is 246 g/mol. The molecule has 2 rings (SSSR count). The average molecular weight is 263 g/mol. The van der Waals surface area contributed by atoms with E-state index >= 15 is 0 Å². The van der Waals surface area contributed by atoms with Crippen molar-refractivity contribution >= 4 is 17.1 Å². The fraction of sp³-hybridized carbons (Fsp3) is 0.385. The van der Waals surface area contributed by atoms with Gasteiger partial charge in [-0.15, -0.1) is 0 Å². The number of hydrogen-bond acceptors (Lipinski definition) is 3. The quantitative estimate of drug-likeness (QED) is 0.898. The maximum atomic E-state index is 12.1. The Morgan fingerprint density at radius 3 is 2.68 bits per heavy atom. The Labute approximate surface area is 110 Å². The first-order chi connectivity index (χ1) is 9.15. The number of rotatable bonds is 4. The van der Waals surface area contributed by atoms with Gasteiger partial charge in [0, 0.05) is 20.1 Å². The van der Waals surface area contributed by atoms with Crippen LogP contribution in [-0.4, -0.2) is 28.4 Å². The Morgan fingerprint density at radius 1 is 1.32 bits per heavy atom. The van der Waals surface area contributed by atoms with Crippen LogP contribution in [0.2, 0.25) is 0 Å². The lowest BCUT2D eigenvalue weighted by atomic mass is 10.3. The molecule has 1 aromatic heterocycles. The van der Waals surface area contributed by atoms with Crippen molar-refractivity contribution in [3.63, 3.8) is 0 Å². The van der Waals surface area contributed by atoms with Crippen molar-refractivity contribution in [3.8, 4) is 0 Å². The standard InChI is InChI=1S/C13H17N3O3/c1-3-19-12(17)14-8-9-16-11-7-5-4-6-10(11)15(2)13(16)18/h4-7H,3,8-9H2,1-2H3,(H,14,17). The maximum Gasteiger partial charge on any atom is 0.407 e. The molecule has 0 aliphatic heterocycles. The van der Waals surface area contributed by atoms with Crippen LogP contribution in [0.3, 0.4) is 0 Å². The van der Waals surface area contributed by atoms with Crippen LogP contribution in [0.5, 0.6) is 0 Å². The van der Waals surface area contributed by atoms with Crippen molar-refractivity contribution in [2.45, 2.75) is 13.5 Å². The van der Waals surface area contributed by atoms with Crippen LogP contribution in [0.4, 0.5) is 4.79 Å². The van der Waals surface area contributed by atoms with E-state index in [0.717, 1.165) is 11.0 Å². The summed E-state index contributed by atoms with van der Waals surface area (Å²) < 4.78 is 8.00. The van der Waals surface area contributed by atoms with E-state index in [4.69, 9.17) is 4.74 Å². The molecule has 19 heavy (non-hydrogen) atoms. The van der Waals surface area contributed by atoms with Gasteiger partial charge in [-0.1, -0.05) is 12.1 Å². The zero-order chi connectivity index (χ0) is 13.8. The molecule has 1 aromatic carbocycles. The topological polar surface area (TPSA) is 65.3 Å². The second-order valence-corrected chi connectivity index (χ2v) is 4.13. The summed E-state index contributed by atoms with van der Waals surface area (Å²) in [6, 6.07) is 7.56. The summed E-state index contributed by atoms with van der Waals surface area (Å²) in [6.07, 6.45) is -0.462. The van der Waals surface area contributed by atoms with E-state index in [-0.39, 0.29) is 5.69 Å². The molecule has 1 N–H and O–H groups in total. The summed E-state index contributed by atoms with van der Waals surface area (Å²) >= 11 is 0. The predicted octanol–water partition coefficient (Wildman–Crippen LogP) is 1.09. The first kappa shape index (κ1) is 13.2. The smallest absolute Gasteiger partial charge is 0.407 e. The van der Waals surface area contributed by atoms with E-state index in [1.54, 1.807) is 23.1 Å². The second-order valence-electron chi connectivity index (χ2n) is 4.13. The Bertz CT molecular complexity index is 642. The molecule has 6 heteroatoms. The third kappa shape index (κ3) is 2.62. The van der Waals surface area contributed by atoms with Crippen molar-refractivity contribution < 1.29 is 9.53 Å². The fourth-order valence-electron chi connectivity index (χ4n) is 2.03. The summed E-state index contributed by atoms with van der Waals surface area (Å²) in [5, 5.41) is 2.60. The Morgan fingerprint density at radius 2 is 2.00 bits per heavy atom. The maximum absolute atomic E-state index is 12.1. The number of imidazole rings is 1. The first-order valence-corrected chi connectivity index (χ1v) is 6.20. The third-order valence-electron chi connectivity index (χ3n) is 2.93. The van der Waals surface area contributed by atoms with Gasteiger partial charge >= 0.3 is 11.8 Å². The highest BCUT2D eigenvalue weighted by Gasteiger charge is 2.09. The van der Waals surface area contributed by atoms with E-state index in [1.165, 1.54) is 0 Å². The van der Waals surface area contributed by atoms with E-state index in [9.17, 15) is 9.59 Å². The molecule has 0 bridgehead atoms. The number of benzene rings is 1. The Hall–Kier alpha value is -2.24. The molecular formula is C13H17N3O3. The minimum Gasteiger partial charge on any atom is -0.450 e. The SMILES string of the molecule is CCOC(=O)NCCn1c(=O)n(C)c2ccccc21. The number of para-hydroxylation sites is 2. The van der Waals surface area contributed by atoms with E-state index < -0.39 is 6.09 Å². The van der Waals surface area contributed by atoms with Crippen LogP contribution < -0.4 is 11.0 Å². The molecule has 0 aliphatic rings. The Kier molecular flexibility index (Phi) is 3.89. The number of nitrogens with one attached hydrogen (secondary N) is 1. The van der Waals surface area contributed by atoms with Crippen molar-refractivity contribution in [2.75, 3.05) is 13.2 Å². The summed E-state index contributed by atoms with van der Waals surface area (Å²) in [5.41, 5.74) is 1.65. The molecule has 1 amide bonds. The zero-order valence-electron chi connectivity index (χ0n) is 11.0. The highest BCUT2D eigenvalue weighted by atomic mass is 16.5. The number of carbonyl (C=O) groups is 1. The lowest BCUT2D eigenvalue weighted by molar-refractivity contribution is 0.152. The molecule has 0 spiro atoms. The van der Waals surface area contributed by atoms with Crippen LogP contribution in [-0.2, 0) is 18.3 Å². The van der Waals surface area contributed by atoms with Crippen molar-refractivity contribution in [1.82, 2.24) is 14.5 Å². The average Bonchev–Trinajstić information content (AvgIpc) is 2.65. The summed E-state index contributed by atoms with van der Waals surface area (Å²) in [6.45, 7) is 2.85. The van der Waals surface area contributed by atoms with E-state index in [2.05, 4.69) is 5.32 Å². The van der Waals surface area contributed by atoms with Gasteiger partial charge in [0.15, 0.2) is 0 Å². The molecule has 0 saturated heterocycles. The molecule has 0 aliphatic carbocycles. The molecule has 0 fully saturated rings. The minimum absolute atomic E-state index is 0.0909. The van der Waals surface area contributed by atoms with Crippen LogP contribution in [0.15, 0.2) is 29.1 Å². The number of nitrogens with zero attached hydrogens (tertiary/aromatic N) is 2. The molecule has 102 valence electrons. The highest BCUT2D eigenvalue weighted by Crippen LogP contribution is 2.10. The number of aromatic nitrogens is 2. The van der Waals surface area contributed by atoms with E-state index in [0.29, 0.717) is 19.7 Å². The number of aryl methyl sites for hydroxylation is 1. The van der Waals surface area contributed by atoms with Gasteiger partial charge in [0.05, 0.1) is 17.6 Å². The third-order valence-corrected chi connectivity index (χ3v) is 2.93. The Balaban J connectivity index is 2.15. The summed E-state index contributed by atoms with van der Waals surface area (Å²) in [4.78, 5) is 23.2. The largest absolute Gasteiger partial charge is 0.450 e. The van der Waals surface area contributed by atoms with Gasteiger partial charge in [-0.2, -0.15) is 0 Å². The van der Waals surface area contributed by atoms with Crippen LogP contribution in [0, 0.1) is 0 Å². The number of fused-ring (bicyclic) bond motifs is 1. The molecule has 0 saturated carbocycles. The second kappa shape index (κ2) is 5.60. The van der Waals surface area contributed by atoms with Crippen molar-refractivity contribution in [3.05, 3.63) is 34.7 Å². The molecule has 0 unspecified atom stereocenters. The first-order valence-electron chi connectivity index (χ1n) is 6.20.